The Hall–Kier alpha value is -2.64. The number of nitrogens with zero attached hydrogens (tertiary/aromatic N) is 5. The van der Waals surface area contributed by atoms with Crippen molar-refractivity contribution >= 4 is 17.7 Å². The Morgan fingerprint density at radius 2 is 2.12 bits per heavy atom. The summed E-state index contributed by atoms with van der Waals surface area (Å²) in [5.74, 6) is 1.41. The number of carbonyl (C=O) groups is 1. The van der Waals surface area contributed by atoms with Crippen molar-refractivity contribution in [3.05, 3.63) is 30.1 Å². The van der Waals surface area contributed by atoms with E-state index in [1.54, 1.807) is 6.07 Å². The molecule has 3 rings (SSSR count). The van der Waals surface area contributed by atoms with Crippen LogP contribution in [0.5, 0.6) is 0 Å². The quantitative estimate of drug-likeness (QED) is 0.890. The molecule has 0 saturated carbocycles. The Labute approximate surface area is 147 Å². The molecular formula is C17H25N7O. The highest BCUT2D eigenvalue weighted by atomic mass is 16.2. The molecule has 2 aromatic rings. The zero-order chi connectivity index (χ0) is 17.8. The van der Waals surface area contributed by atoms with Gasteiger partial charge in [0.25, 0.3) is 0 Å². The van der Waals surface area contributed by atoms with E-state index < -0.39 is 0 Å². The van der Waals surface area contributed by atoms with Crippen LogP contribution in [0.3, 0.4) is 0 Å². The van der Waals surface area contributed by atoms with Gasteiger partial charge in [-0.2, -0.15) is 10.2 Å². The van der Waals surface area contributed by atoms with Crippen LogP contribution in [0.2, 0.25) is 0 Å². The number of nitrogens with one attached hydrogen (secondary N) is 2. The minimum Gasteiger partial charge on any atom is -0.353 e. The molecule has 2 amide bonds. The molecule has 1 saturated heterocycles. The van der Waals surface area contributed by atoms with Gasteiger partial charge in [0, 0.05) is 37.4 Å². The van der Waals surface area contributed by atoms with Crippen molar-refractivity contribution in [3.8, 4) is 0 Å². The molecule has 2 aromatic heterocycles. The second-order valence-electron chi connectivity index (χ2n) is 6.69. The van der Waals surface area contributed by atoms with Crippen molar-refractivity contribution in [1.82, 2.24) is 25.3 Å². The number of anilines is 2. The molecule has 0 unspecified atom stereocenters. The molecule has 8 nitrogen and oxygen atoms in total. The Morgan fingerprint density at radius 1 is 1.28 bits per heavy atom. The lowest BCUT2D eigenvalue weighted by atomic mass is 10.1. The predicted molar refractivity (Wildman–Crippen MR) is 96.8 cm³/mol. The van der Waals surface area contributed by atoms with E-state index in [1.165, 1.54) is 0 Å². The summed E-state index contributed by atoms with van der Waals surface area (Å²) in [5.41, 5.74) is 0.899. The Balaban J connectivity index is 1.54. The van der Waals surface area contributed by atoms with Gasteiger partial charge in [-0.15, -0.1) is 5.10 Å². The molecular weight excluding hydrogens is 318 g/mol. The fourth-order valence-corrected chi connectivity index (χ4v) is 2.89. The molecule has 0 aliphatic carbocycles. The van der Waals surface area contributed by atoms with Gasteiger partial charge in [-0.3, -0.25) is 10.00 Å². The average molecular weight is 343 g/mol. The first kappa shape index (κ1) is 17.2. The number of aryl methyl sites for hydroxylation is 1. The van der Waals surface area contributed by atoms with Gasteiger partial charge >= 0.3 is 6.03 Å². The number of piperidine rings is 1. The van der Waals surface area contributed by atoms with Gasteiger partial charge in [-0.1, -0.05) is 0 Å². The third-order valence-corrected chi connectivity index (χ3v) is 4.24. The van der Waals surface area contributed by atoms with Crippen molar-refractivity contribution < 1.29 is 4.79 Å². The van der Waals surface area contributed by atoms with Crippen LogP contribution in [0.25, 0.3) is 0 Å². The molecule has 0 aromatic carbocycles. The number of aromatic nitrogens is 4. The minimum absolute atomic E-state index is 0.0732. The summed E-state index contributed by atoms with van der Waals surface area (Å²) in [5, 5.41) is 18.5. The summed E-state index contributed by atoms with van der Waals surface area (Å²) in [6.07, 6.45) is 3.81. The molecule has 1 aliphatic rings. The third kappa shape index (κ3) is 4.46. The molecule has 1 fully saturated rings. The zero-order valence-electron chi connectivity index (χ0n) is 14.9. The van der Waals surface area contributed by atoms with Crippen LogP contribution >= 0.6 is 0 Å². The van der Waals surface area contributed by atoms with E-state index in [4.69, 9.17) is 0 Å². The second-order valence-corrected chi connectivity index (χ2v) is 6.69. The predicted octanol–water partition coefficient (Wildman–Crippen LogP) is 2.35. The monoisotopic (exact) mass is 343 g/mol. The summed E-state index contributed by atoms with van der Waals surface area (Å²) in [6.45, 7) is 7.66. The lowest BCUT2D eigenvalue weighted by Gasteiger charge is -2.33. The maximum Gasteiger partial charge on any atom is 0.320 e. The second kappa shape index (κ2) is 7.50. The Bertz CT molecular complexity index is 710. The SMILES string of the molecule is Cc1ccc(N2CCC[C@@H](NC(=O)Nc3ccn(C(C)C)n3)C2)nn1. The molecule has 2 N–H and O–H groups in total. The van der Waals surface area contributed by atoms with E-state index in [9.17, 15) is 4.79 Å². The normalized spacial score (nSPS) is 17.6. The van der Waals surface area contributed by atoms with Crippen molar-refractivity contribution in [2.75, 3.05) is 23.3 Å². The first-order chi connectivity index (χ1) is 12.0. The minimum atomic E-state index is -0.226. The summed E-state index contributed by atoms with van der Waals surface area (Å²) >= 11 is 0. The third-order valence-electron chi connectivity index (χ3n) is 4.24. The van der Waals surface area contributed by atoms with Crippen molar-refractivity contribution in [2.45, 2.75) is 45.7 Å². The van der Waals surface area contributed by atoms with Gasteiger partial charge in [0.2, 0.25) is 0 Å². The molecule has 3 heterocycles. The van der Waals surface area contributed by atoms with E-state index in [0.717, 1.165) is 37.4 Å². The number of hydrogen-bond donors (Lipinski definition) is 2. The van der Waals surface area contributed by atoms with E-state index in [2.05, 4.69) is 30.8 Å². The van der Waals surface area contributed by atoms with Gasteiger partial charge in [-0.25, -0.2) is 4.79 Å². The molecule has 0 bridgehead atoms. The lowest BCUT2D eigenvalue weighted by molar-refractivity contribution is 0.246. The summed E-state index contributed by atoms with van der Waals surface area (Å²) in [7, 11) is 0. The highest BCUT2D eigenvalue weighted by Crippen LogP contribution is 2.17. The zero-order valence-corrected chi connectivity index (χ0v) is 14.9. The fourth-order valence-electron chi connectivity index (χ4n) is 2.89. The van der Waals surface area contributed by atoms with Crippen LogP contribution in [0.15, 0.2) is 24.4 Å². The molecule has 0 spiro atoms. The highest BCUT2D eigenvalue weighted by molar-refractivity contribution is 5.88. The number of urea groups is 1. The van der Waals surface area contributed by atoms with Crippen molar-refractivity contribution in [1.29, 1.82) is 0 Å². The number of carbonyl (C=O) groups excluding carboxylic acids is 1. The summed E-state index contributed by atoms with van der Waals surface area (Å²) in [6, 6.07) is 5.84. The molecule has 25 heavy (non-hydrogen) atoms. The van der Waals surface area contributed by atoms with Gasteiger partial charge < -0.3 is 10.2 Å². The van der Waals surface area contributed by atoms with Gasteiger partial charge in [0.15, 0.2) is 11.6 Å². The van der Waals surface area contributed by atoms with E-state index in [-0.39, 0.29) is 18.1 Å². The lowest BCUT2D eigenvalue weighted by Crippen LogP contribution is -2.49. The Kier molecular flexibility index (Phi) is 5.16. The van der Waals surface area contributed by atoms with Crippen LogP contribution in [0, 0.1) is 6.92 Å². The molecule has 1 atom stereocenters. The number of rotatable bonds is 4. The Morgan fingerprint density at radius 3 is 2.80 bits per heavy atom. The summed E-state index contributed by atoms with van der Waals surface area (Å²) in [4.78, 5) is 14.4. The smallest absolute Gasteiger partial charge is 0.320 e. The van der Waals surface area contributed by atoms with Crippen LogP contribution < -0.4 is 15.5 Å². The molecule has 134 valence electrons. The first-order valence-corrected chi connectivity index (χ1v) is 8.69. The van der Waals surface area contributed by atoms with Crippen molar-refractivity contribution in [2.24, 2.45) is 0 Å². The maximum atomic E-state index is 12.2. The first-order valence-electron chi connectivity index (χ1n) is 8.69. The van der Waals surface area contributed by atoms with Crippen LogP contribution in [0.4, 0.5) is 16.4 Å². The highest BCUT2D eigenvalue weighted by Gasteiger charge is 2.22. The molecule has 0 radical (unpaired) electrons. The summed E-state index contributed by atoms with van der Waals surface area (Å²) < 4.78 is 1.81. The average Bonchev–Trinajstić information content (AvgIpc) is 3.04. The maximum absolute atomic E-state index is 12.2. The van der Waals surface area contributed by atoms with Gasteiger partial charge in [0.05, 0.1) is 5.69 Å². The van der Waals surface area contributed by atoms with Crippen LogP contribution in [-0.2, 0) is 0 Å². The van der Waals surface area contributed by atoms with Gasteiger partial charge in [-0.05, 0) is 45.7 Å². The van der Waals surface area contributed by atoms with Crippen LogP contribution in [-0.4, -0.2) is 45.1 Å². The van der Waals surface area contributed by atoms with E-state index in [1.807, 2.05) is 43.8 Å². The standard InChI is InChI=1S/C17H25N7O/c1-12(2)24-10-8-15(22-24)19-17(25)18-14-5-4-9-23(11-14)16-7-6-13(3)20-21-16/h6-8,10,12,14H,4-5,9,11H2,1-3H3,(H2,18,19,22,25)/t14-/m1/s1. The molecule has 1 aliphatic heterocycles. The largest absolute Gasteiger partial charge is 0.353 e. The van der Waals surface area contributed by atoms with Crippen LogP contribution in [0.1, 0.15) is 38.4 Å². The fraction of sp³-hybridized carbons (Fsp3) is 0.529. The van der Waals surface area contributed by atoms with E-state index in [0.29, 0.717) is 5.82 Å². The van der Waals surface area contributed by atoms with Gasteiger partial charge in [0.1, 0.15) is 0 Å². The topological polar surface area (TPSA) is 88.0 Å². The number of hydrogen-bond acceptors (Lipinski definition) is 5. The van der Waals surface area contributed by atoms with E-state index >= 15 is 0 Å². The molecule has 8 heteroatoms. The van der Waals surface area contributed by atoms with Crippen molar-refractivity contribution in [3.63, 3.8) is 0 Å². The number of amides is 2.